The van der Waals surface area contributed by atoms with Gasteiger partial charge < -0.3 is 15.8 Å². The van der Waals surface area contributed by atoms with Crippen molar-refractivity contribution < 1.29 is 9.53 Å². The maximum atomic E-state index is 11.9. The van der Waals surface area contributed by atoms with Crippen molar-refractivity contribution in [1.29, 1.82) is 0 Å². The van der Waals surface area contributed by atoms with Gasteiger partial charge in [-0.15, -0.1) is 0 Å². The van der Waals surface area contributed by atoms with Crippen LogP contribution in [0.3, 0.4) is 0 Å². The van der Waals surface area contributed by atoms with Gasteiger partial charge in [-0.3, -0.25) is 9.69 Å². The maximum absolute atomic E-state index is 11.9. The molecule has 1 aliphatic rings. The summed E-state index contributed by atoms with van der Waals surface area (Å²) >= 11 is 0. The number of carbonyl (C=O) groups is 1. The predicted octanol–water partition coefficient (Wildman–Crippen LogP) is -0.193. The van der Waals surface area contributed by atoms with Gasteiger partial charge in [-0.1, -0.05) is 6.92 Å². The number of ether oxygens (including phenoxy) is 1. The van der Waals surface area contributed by atoms with Crippen molar-refractivity contribution in [3.63, 3.8) is 0 Å². The second-order valence-electron chi connectivity index (χ2n) is 4.91. The number of nitrogens with one attached hydrogen (secondary N) is 1. The highest BCUT2D eigenvalue weighted by Gasteiger charge is 2.32. The molecule has 1 saturated heterocycles. The van der Waals surface area contributed by atoms with Crippen LogP contribution in [0.1, 0.15) is 20.3 Å². The molecular weight excluding hydrogens is 218 g/mol. The highest BCUT2D eigenvalue weighted by atomic mass is 16.5. The minimum Gasteiger partial charge on any atom is -0.385 e. The SMILES string of the molecule is COCCCNC(=O)C(C)N1CC(C)C(N)C1. The third-order valence-electron chi connectivity index (χ3n) is 3.45. The van der Waals surface area contributed by atoms with Crippen molar-refractivity contribution in [2.75, 3.05) is 33.4 Å². The van der Waals surface area contributed by atoms with E-state index >= 15 is 0 Å². The zero-order valence-electron chi connectivity index (χ0n) is 11.1. The number of nitrogens with two attached hydrogens (primary N) is 1. The molecule has 3 unspecified atom stereocenters. The van der Waals surface area contributed by atoms with Crippen molar-refractivity contribution in [2.24, 2.45) is 11.7 Å². The van der Waals surface area contributed by atoms with E-state index in [0.717, 1.165) is 19.5 Å². The van der Waals surface area contributed by atoms with E-state index in [0.29, 0.717) is 19.1 Å². The van der Waals surface area contributed by atoms with Gasteiger partial charge in [-0.2, -0.15) is 0 Å². The molecule has 1 rings (SSSR count). The van der Waals surface area contributed by atoms with Gasteiger partial charge in [0.1, 0.15) is 0 Å². The summed E-state index contributed by atoms with van der Waals surface area (Å²) in [6.07, 6.45) is 0.852. The summed E-state index contributed by atoms with van der Waals surface area (Å²) in [5.41, 5.74) is 5.96. The highest BCUT2D eigenvalue weighted by Crippen LogP contribution is 2.16. The number of nitrogens with zero attached hydrogens (tertiary/aromatic N) is 1. The van der Waals surface area contributed by atoms with Gasteiger partial charge in [-0.05, 0) is 19.3 Å². The van der Waals surface area contributed by atoms with E-state index in [1.54, 1.807) is 7.11 Å². The summed E-state index contributed by atoms with van der Waals surface area (Å²) in [4.78, 5) is 14.0. The number of rotatable bonds is 6. The molecule has 0 aromatic rings. The van der Waals surface area contributed by atoms with Gasteiger partial charge in [0.15, 0.2) is 0 Å². The van der Waals surface area contributed by atoms with Crippen LogP contribution >= 0.6 is 0 Å². The molecule has 5 heteroatoms. The number of carbonyl (C=O) groups excluding carboxylic acids is 1. The highest BCUT2D eigenvalue weighted by molar-refractivity contribution is 5.81. The second-order valence-corrected chi connectivity index (χ2v) is 4.91. The fraction of sp³-hybridized carbons (Fsp3) is 0.917. The molecule has 1 heterocycles. The van der Waals surface area contributed by atoms with Crippen molar-refractivity contribution in [3.05, 3.63) is 0 Å². The molecule has 1 amide bonds. The first-order chi connectivity index (χ1) is 8.06. The summed E-state index contributed by atoms with van der Waals surface area (Å²) < 4.78 is 4.93. The lowest BCUT2D eigenvalue weighted by atomic mass is 10.1. The Hall–Kier alpha value is -0.650. The maximum Gasteiger partial charge on any atom is 0.237 e. The van der Waals surface area contributed by atoms with Crippen LogP contribution in [0.4, 0.5) is 0 Å². The molecule has 100 valence electrons. The topological polar surface area (TPSA) is 67.6 Å². The minimum absolute atomic E-state index is 0.0856. The van der Waals surface area contributed by atoms with Gasteiger partial charge in [0, 0.05) is 39.4 Å². The molecule has 3 atom stereocenters. The summed E-state index contributed by atoms with van der Waals surface area (Å²) in [6, 6.07) is 0.104. The molecule has 0 aromatic heterocycles. The molecule has 1 aliphatic heterocycles. The molecule has 0 radical (unpaired) electrons. The number of likely N-dealkylation sites (tertiary alicyclic amines) is 1. The molecule has 0 saturated carbocycles. The normalized spacial score (nSPS) is 27.1. The van der Waals surface area contributed by atoms with E-state index in [1.807, 2.05) is 6.92 Å². The van der Waals surface area contributed by atoms with Gasteiger partial charge in [0.05, 0.1) is 6.04 Å². The molecule has 17 heavy (non-hydrogen) atoms. The van der Waals surface area contributed by atoms with Crippen molar-refractivity contribution in [2.45, 2.75) is 32.4 Å². The molecule has 0 spiro atoms. The first-order valence-corrected chi connectivity index (χ1v) is 6.32. The van der Waals surface area contributed by atoms with E-state index < -0.39 is 0 Å². The molecule has 1 fully saturated rings. The van der Waals surface area contributed by atoms with Crippen LogP contribution in [0.15, 0.2) is 0 Å². The predicted molar refractivity (Wildman–Crippen MR) is 67.7 cm³/mol. The van der Waals surface area contributed by atoms with Crippen LogP contribution < -0.4 is 11.1 Å². The molecule has 3 N–H and O–H groups in total. The third kappa shape index (κ3) is 4.26. The molecule has 0 bridgehead atoms. The van der Waals surface area contributed by atoms with E-state index in [-0.39, 0.29) is 18.0 Å². The number of hydrogen-bond acceptors (Lipinski definition) is 4. The summed E-state index contributed by atoms with van der Waals surface area (Å²) in [6.45, 7) is 7.15. The van der Waals surface area contributed by atoms with Crippen molar-refractivity contribution in [3.8, 4) is 0 Å². The lowest BCUT2D eigenvalue weighted by Gasteiger charge is -2.23. The Morgan fingerprint density at radius 2 is 2.29 bits per heavy atom. The fourth-order valence-corrected chi connectivity index (χ4v) is 2.09. The fourth-order valence-electron chi connectivity index (χ4n) is 2.09. The zero-order chi connectivity index (χ0) is 12.8. The second kappa shape index (κ2) is 6.93. The first-order valence-electron chi connectivity index (χ1n) is 6.32. The van der Waals surface area contributed by atoms with Gasteiger partial charge in [0.25, 0.3) is 0 Å². The Morgan fingerprint density at radius 1 is 1.59 bits per heavy atom. The Labute approximate surface area is 104 Å². The van der Waals surface area contributed by atoms with Gasteiger partial charge in [-0.25, -0.2) is 0 Å². The van der Waals surface area contributed by atoms with Gasteiger partial charge in [0.2, 0.25) is 5.91 Å². The lowest BCUT2D eigenvalue weighted by molar-refractivity contribution is -0.125. The smallest absolute Gasteiger partial charge is 0.237 e. The third-order valence-corrected chi connectivity index (χ3v) is 3.45. The van der Waals surface area contributed by atoms with E-state index in [2.05, 4.69) is 17.1 Å². The van der Waals surface area contributed by atoms with E-state index in [9.17, 15) is 4.79 Å². The van der Waals surface area contributed by atoms with Crippen molar-refractivity contribution in [1.82, 2.24) is 10.2 Å². The van der Waals surface area contributed by atoms with Crippen LogP contribution in [0.25, 0.3) is 0 Å². The molecule has 0 aliphatic carbocycles. The van der Waals surface area contributed by atoms with Crippen LogP contribution in [0.2, 0.25) is 0 Å². The average Bonchev–Trinajstić information content (AvgIpc) is 2.64. The average molecular weight is 243 g/mol. The van der Waals surface area contributed by atoms with Crippen LogP contribution in [0.5, 0.6) is 0 Å². The zero-order valence-corrected chi connectivity index (χ0v) is 11.1. The Bertz CT molecular complexity index is 238. The number of hydrogen-bond donors (Lipinski definition) is 2. The Balaban J connectivity index is 2.27. The quantitative estimate of drug-likeness (QED) is 0.634. The first kappa shape index (κ1) is 14.4. The summed E-state index contributed by atoms with van der Waals surface area (Å²) in [5, 5.41) is 2.92. The molecule has 0 aromatic carbocycles. The monoisotopic (exact) mass is 243 g/mol. The Kier molecular flexibility index (Phi) is 5.88. The van der Waals surface area contributed by atoms with Gasteiger partial charge >= 0.3 is 0 Å². The summed E-state index contributed by atoms with van der Waals surface area (Å²) in [7, 11) is 1.66. The number of methoxy groups -OCH3 is 1. The minimum atomic E-state index is -0.0893. The van der Waals surface area contributed by atoms with Crippen LogP contribution in [0, 0.1) is 5.92 Å². The van der Waals surface area contributed by atoms with Crippen LogP contribution in [-0.4, -0.2) is 56.2 Å². The standard InChI is InChI=1S/C12H25N3O2/c1-9-7-15(8-11(9)13)10(2)12(16)14-5-4-6-17-3/h9-11H,4-8,13H2,1-3H3,(H,14,16). The van der Waals surface area contributed by atoms with Crippen molar-refractivity contribution >= 4 is 5.91 Å². The van der Waals surface area contributed by atoms with Crippen LogP contribution in [-0.2, 0) is 9.53 Å². The summed E-state index contributed by atoms with van der Waals surface area (Å²) in [5.74, 6) is 0.557. The largest absolute Gasteiger partial charge is 0.385 e. The lowest BCUT2D eigenvalue weighted by Crippen LogP contribution is -2.45. The Morgan fingerprint density at radius 3 is 2.82 bits per heavy atom. The molecular formula is C12H25N3O2. The number of amides is 1. The van der Waals surface area contributed by atoms with E-state index in [1.165, 1.54) is 0 Å². The van der Waals surface area contributed by atoms with E-state index in [4.69, 9.17) is 10.5 Å². The molecule has 5 nitrogen and oxygen atoms in total.